The van der Waals surface area contributed by atoms with Crippen LogP contribution in [0.5, 0.6) is 0 Å². The van der Waals surface area contributed by atoms with Gasteiger partial charge < -0.3 is 5.32 Å². The van der Waals surface area contributed by atoms with Crippen LogP contribution in [0.1, 0.15) is 29.9 Å². The number of nitrogens with one attached hydrogen (secondary N) is 1. The molecule has 2 heterocycles. The van der Waals surface area contributed by atoms with Gasteiger partial charge in [-0.2, -0.15) is 10.2 Å². The summed E-state index contributed by atoms with van der Waals surface area (Å²) in [6, 6.07) is 12.3. The molecule has 0 aliphatic rings. The molecule has 146 valence electrons. The Balaban J connectivity index is 1.70. The molecule has 0 fully saturated rings. The molecule has 3 aromatic rings. The summed E-state index contributed by atoms with van der Waals surface area (Å²) in [5.41, 5.74) is 4.38. The van der Waals surface area contributed by atoms with Gasteiger partial charge in [-0.25, -0.2) is 4.68 Å². The fourth-order valence-corrected chi connectivity index (χ4v) is 3.03. The molecule has 1 atom stereocenters. The maximum absolute atomic E-state index is 12.5. The summed E-state index contributed by atoms with van der Waals surface area (Å²) in [6.07, 6.45) is 0. The molecule has 0 saturated heterocycles. The van der Waals surface area contributed by atoms with E-state index >= 15 is 0 Å². The van der Waals surface area contributed by atoms with E-state index in [1.807, 2.05) is 55.8 Å². The Bertz CT molecular complexity index is 1030. The summed E-state index contributed by atoms with van der Waals surface area (Å²) in [5.74, 6) is -0.253. The normalized spacial score (nSPS) is 12.0. The molecular formula is C21H25N5O2. The SMILES string of the molecule is Cc1ccc(-c2ccc(=O)n(C(C)C(=O)NCCn3nc(C)cc3C)n2)cc1. The van der Waals surface area contributed by atoms with E-state index in [2.05, 4.69) is 15.5 Å². The summed E-state index contributed by atoms with van der Waals surface area (Å²) in [5, 5.41) is 11.6. The number of rotatable bonds is 6. The molecule has 1 amide bonds. The van der Waals surface area contributed by atoms with Crippen LogP contribution in [0.25, 0.3) is 11.3 Å². The van der Waals surface area contributed by atoms with Crippen LogP contribution in [-0.4, -0.2) is 32.0 Å². The minimum Gasteiger partial charge on any atom is -0.352 e. The highest BCUT2D eigenvalue weighted by molar-refractivity contribution is 5.79. The fourth-order valence-electron chi connectivity index (χ4n) is 3.03. The van der Waals surface area contributed by atoms with Gasteiger partial charge in [0, 0.05) is 23.9 Å². The molecule has 1 aromatic carbocycles. The molecule has 7 heteroatoms. The van der Waals surface area contributed by atoms with Crippen molar-refractivity contribution >= 4 is 5.91 Å². The molecule has 0 radical (unpaired) electrons. The quantitative estimate of drug-likeness (QED) is 0.713. The molecular weight excluding hydrogens is 354 g/mol. The van der Waals surface area contributed by atoms with Gasteiger partial charge in [-0.1, -0.05) is 29.8 Å². The van der Waals surface area contributed by atoms with Gasteiger partial charge in [0.1, 0.15) is 6.04 Å². The maximum Gasteiger partial charge on any atom is 0.267 e. The average Bonchev–Trinajstić information content (AvgIpc) is 2.99. The van der Waals surface area contributed by atoms with Crippen LogP contribution < -0.4 is 10.9 Å². The Morgan fingerprint density at radius 2 is 1.79 bits per heavy atom. The molecule has 0 bridgehead atoms. The minimum absolute atomic E-state index is 0.253. The molecule has 0 aliphatic heterocycles. The van der Waals surface area contributed by atoms with Gasteiger partial charge in [0.2, 0.25) is 5.91 Å². The maximum atomic E-state index is 12.5. The number of aryl methyl sites for hydroxylation is 3. The van der Waals surface area contributed by atoms with Gasteiger partial charge in [-0.15, -0.1) is 0 Å². The van der Waals surface area contributed by atoms with Crippen LogP contribution in [0.2, 0.25) is 0 Å². The third kappa shape index (κ3) is 4.36. The molecule has 1 unspecified atom stereocenters. The van der Waals surface area contributed by atoms with Crippen LogP contribution in [0.15, 0.2) is 47.3 Å². The van der Waals surface area contributed by atoms with Crippen molar-refractivity contribution in [1.82, 2.24) is 24.9 Å². The topological polar surface area (TPSA) is 81.8 Å². The largest absolute Gasteiger partial charge is 0.352 e. The summed E-state index contributed by atoms with van der Waals surface area (Å²) in [4.78, 5) is 24.8. The number of amides is 1. The Hall–Kier alpha value is -3.22. The molecule has 2 aromatic heterocycles. The van der Waals surface area contributed by atoms with Crippen LogP contribution in [-0.2, 0) is 11.3 Å². The first-order chi connectivity index (χ1) is 13.3. The van der Waals surface area contributed by atoms with Crippen molar-refractivity contribution in [1.29, 1.82) is 0 Å². The van der Waals surface area contributed by atoms with Gasteiger partial charge in [0.25, 0.3) is 5.56 Å². The standard InChI is InChI=1S/C21H25N5O2/c1-14-5-7-18(8-6-14)19-9-10-20(27)26(24-19)17(4)21(28)22-11-12-25-16(3)13-15(2)23-25/h5-10,13,17H,11-12H2,1-4H3,(H,22,28). The fraction of sp³-hybridized carbons (Fsp3) is 0.333. The van der Waals surface area contributed by atoms with Crippen molar-refractivity contribution in [2.75, 3.05) is 6.54 Å². The van der Waals surface area contributed by atoms with Crippen LogP contribution in [0.4, 0.5) is 0 Å². The van der Waals surface area contributed by atoms with E-state index in [0.29, 0.717) is 18.8 Å². The first kappa shape index (κ1) is 19.5. The van der Waals surface area contributed by atoms with E-state index in [0.717, 1.165) is 22.5 Å². The second-order valence-electron chi connectivity index (χ2n) is 6.98. The zero-order chi connectivity index (χ0) is 20.3. The van der Waals surface area contributed by atoms with E-state index in [1.54, 1.807) is 13.0 Å². The lowest BCUT2D eigenvalue weighted by Crippen LogP contribution is -2.38. The Morgan fingerprint density at radius 3 is 2.43 bits per heavy atom. The monoisotopic (exact) mass is 379 g/mol. The Labute approximate surface area is 164 Å². The predicted octanol–water partition coefficient (Wildman–Crippen LogP) is 2.41. The van der Waals surface area contributed by atoms with Gasteiger partial charge in [-0.05, 0) is 39.8 Å². The highest BCUT2D eigenvalue weighted by Crippen LogP contribution is 2.16. The van der Waals surface area contributed by atoms with Crippen molar-refractivity contribution in [3.8, 4) is 11.3 Å². The van der Waals surface area contributed by atoms with Gasteiger partial charge in [0.15, 0.2) is 0 Å². The summed E-state index contributed by atoms with van der Waals surface area (Å²) < 4.78 is 3.08. The van der Waals surface area contributed by atoms with Gasteiger partial charge in [0.05, 0.1) is 17.9 Å². The Kier molecular flexibility index (Phi) is 5.73. The van der Waals surface area contributed by atoms with E-state index in [4.69, 9.17) is 0 Å². The summed E-state index contributed by atoms with van der Waals surface area (Å²) in [7, 11) is 0. The number of hydrogen-bond acceptors (Lipinski definition) is 4. The van der Waals surface area contributed by atoms with E-state index in [1.165, 1.54) is 10.7 Å². The van der Waals surface area contributed by atoms with Crippen LogP contribution in [0, 0.1) is 20.8 Å². The highest BCUT2D eigenvalue weighted by Gasteiger charge is 2.18. The highest BCUT2D eigenvalue weighted by atomic mass is 16.2. The zero-order valence-corrected chi connectivity index (χ0v) is 16.6. The molecule has 0 spiro atoms. The summed E-state index contributed by atoms with van der Waals surface area (Å²) in [6.45, 7) is 8.59. The van der Waals surface area contributed by atoms with Crippen molar-refractivity contribution in [2.24, 2.45) is 0 Å². The molecule has 28 heavy (non-hydrogen) atoms. The number of carbonyl (C=O) groups is 1. The molecule has 0 aliphatic carbocycles. The molecule has 0 saturated carbocycles. The summed E-state index contributed by atoms with van der Waals surface area (Å²) >= 11 is 0. The van der Waals surface area contributed by atoms with E-state index in [-0.39, 0.29) is 11.5 Å². The minimum atomic E-state index is -0.710. The molecule has 3 rings (SSSR count). The Morgan fingerprint density at radius 1 is 1.07 bits per heavy atom. The third-order valence-corrected chi connectivity index (χ3v) is 4.64. The number of hydrogen-bond donors (Lipinski definition) is 1. The second kappa shape index (κ2) is 8.21. The van der Waals surface area contributed by atoms with E-state index in [9.17, 15) is 9.59 Å². The van der Waals surface area contributed by atoms with Crippen molar-refractivity contribution < 1.29 is 4.79 Å². The van der Waals surface area contributed by atoms with Crippen molar-refractivity contribution in [3.05, 3.63) is 69.8 Å². The second-order valence-corrected chi connectivity index (χ2v) is 6.98. The van der Waals surface area contributed by atoms with Crippen molar-refractivity contribution in [3.63, 3.8) is 0 Å². The number of nitrogens with zero attached hydrogens (tertiary/aromatic N) is 4. The predicted molar refractivity (Wildman–Crippen MR) is 108 cm³/mol. The van der Waals surface area contributed by atoms with Gasteiger partial charge in [-0.3, -0.25) is 14.3 Å². The number of carbonyl (C=O) groups excluding carboxylic acids is 1. The lowest BCUT2D eigenvalue weighted by molar-refractivity contribution is -0.124. The lowest BCUT2D eigenvalue weighted by atomic mass is 10.1. The number of aromatic nitrogens is 4. The average molecular weight is 379 g/mol. The third-order valence-electron chi connectivity index (χ3n) is 4.64. The first-order valence-corrected chi connectivity index (χ1v) is 9.31. The van der Waals surface area contributed by atoms with Crippen LogP contribution in [0.3, 0.4) is 0 Å². The van der Waals surface area contributed by atoms with Crippen molar-refractivity contribution in [2.45, 2.75) is 40.3 Å². The van der Waals surface area contributed by atoms with Gasteiger partial charge >= 0.3 is 0 Å². The smallest absolute Gasteiger partial charge is 0.267 e. The number of benzene rings is 1. The first-order valence-electron chi connectivity index (χ1n) is 9.31. The lowest BCUT2D eigenvalue weighted by Gasteiger charge is -2.15. The van der Waals surface area contributed by atoms with Crippen LogP contribution >= 0.6 is 0 Å². The van der Waals surface area contributed by atoms with E-state index < -0.39 is 6.04 Å². The molecule has 7 nitrogen and oxygen atoms in total. The zero-order valence-electron chi connectivity index (χ0n) is 16.6. The molecule has 1 N–H and O–H groups in total.